The van der Waals surface area contributed by atoms with Crippen molar-refractivity contribution in [2.45, 2.75) is 58.9 Å². The van der Waals surface area contributed by atoms with E-state index in [4.69, 9.17) is 17.4 Å². The molecule has 0 spiro atoms. The first-order valence-corrected chi connectivity index (χ1v) is 18.6. The molecule has 0 saturated heterocycles. The lowest BCUT2D eigenvalue weighted by molar-refractivity contribution is -0.137. The van der Waals surface area contributed by atoms with Crippen LogP contribution < -0.4 is 0 Å². The molecule has 0 atom stereocenters. The van der Waals surface area contributed by atoms with Gasteiger partial charge in [-0.15, -0.1) is 0 Å². The molecule has 0 amide bonds. The molecule has 0 radical (unpaired) electrons. The van der Waals surface area contributed by atoms with Gasteiger partial charge in [-0.2, -0.15) is 0 Å². The maximum absolute atomic E-state index is 12.7. The Morgan fingerprint density at radius 2 is 1.19 bits per heavy atom. The summed E-state index contributed by atoms with van der Waals surface area (Å²) in [5.41, 5.74) is 0. The molecule has 10 heteroatoms. The summed E-state index contributed by atoms with van der Waals surface area (Å²) in [5, 5.41) is 0. The Balaban J connectivity index is 4.85. The van der Waals surface area contributed by atoms with Gasteiger partial charge in [-0.3, -0.25) is 9.32 Å². The van der Waals surface area contributed by atoms with E-state index in [0.29, 0.717) is 0 Å². The van der Waals surface area contributed by atoms with Crippen LogP contribution in [0.25, 0.3) is 0 Å². The molecular weight excluding hydrogens is 343 g/mol. The van der Waals surface area contributed by atoms with E-state index in [0.717, 1.165) is 0 Å². The van der Waals surface area contributed by atoms with E-state index in [1.54, 1.807) is 0 Å². The lowest BCUT2D eigenvalue weighted by atomic mass is 10.8. The highest BCUT2D eigenvalue weighted by atomic mass is 31.2. The third kappa shape index (κ3) is 12.5. The van der Waals surface area contributed by atoms with Crippen LogP contribution in [-0.4, -0.2) is 37.5 Å². The fourth-order valence-electron chi connectivity index (χ4n) is 1.24. The molecule has 126 valence electrons. The van der Waals surface area contributed by atoms with Gasteiger partial charge in [0.05, 0.1) is 0 Å². The molecule has 0 aliphatic heterocycles. The van der Waals surface area contributed by atoms with E-state index in [-0.39, 0.29) is 0 Å². The van der Waals surface area contributed by atoms with Crippen molar-refractivity contribution in [1.82, 2.24) is 0 Å². The van der Waals surface area contributed by atoms with Crippen LogP contribution in [0.3, 0.4) is 0 Å². The average molecular weight is 373 g/mol. The highest BCUT2D eigenvalue weighted by molar-refractivity contribution is 7.52. The Labute approximate surface area is 131 Å². The minimum atomic E-state index is -3.74. The molecule has 0 fully saturated rings. The van der Waals surface area contributed by atoms with Crippen molar-refractivity contribution < 1.29 is 26.7 Å². The molecule has 0 unspecified atom stereocenters. The minimum Gasteiger partial charge on any atom is -0.518 e. The summed E-state index contributed by atoms with van der Waals surface area (Å²) in [4.78, 5) is 11.7. The molecule has 0 saturated carbocycles. The SMILES string of the molecule is C[Si](C)(C)OC(=O)COP(=O)(O[Si](C)(C)C)O[Si](C)(C)C. The smallest absolute Gasteiger partial charge is 0.455 e. The zero-order valence-electron chi connectivity index (χ0n) is 14.6. The second-order valence-corrected chi connectivity index (χ2v) is 23.2. The molecule has 0 aromatic rings. The number of phosphoric acid groups is 1. The Morgan fingerprint density at radius 1 is 0.810 bits per heavy atom. The van der Waals surface area contributed by atoms with Gasteiger partial charge in [0.25, 0.3) is 0 Å². The number of carbonyl (C=O) groups is 1. The highest BCUT2D eigenvalue weighted by Crippen LogP contribution is 2.53. The predicted octanol–water partition coefficient (Wildman–Crippen LogP) is 4.19. The number of hydrogen-bond donors (Lipinski definition) is 0. The quantitative estimate of drug-likeness (QED) is 0.470. The van der Waals surface area contributed by atoms with Gasteiger partial charge in [-0.1, -0.05) is 0 Å². The molecule has 0 heterocycles. The maximum Gasteiger partial charge on any atom is 0.455 e. The van der Waals surface area contributed by atoms with Crippen molar-refractivity contribution in [2.24, 2.45) is 0 Å². The minimum absolute atomic E-state index is 0.420. The largest absolute Gasteiger partial charge is 0.518 e. The zero-order valence-corrected chi connectivity index (χ0v) is 18.5. The van der Waals surface area contributed by atoms with Crippen LogP contribution in [0.2, 0.25) is 58.9 Å². The first-order valence-electron chi connectivity index (χ1n) is 6.89. The van der Waals surface area contributed by atoms with E-state index in [2.05, 4.69) is 0 Å². The number of carbonyl (C=O) groups excluding carboxylic acids is 1. The monoisotopic (exact) mass is 372 g/mol. The van der Waals surface area contributed by atoms with Crippen LogP contribution in [0.4, 0.5) is 0 Å². The molecule has 0 N–H and O–H groups in total. The van der Waals surface area contributed by atoms with Gasteiger partial charge in [0.15, 0.2) is 23.2 Å². The van der Waals surface area contributed by atoms with E-state index >= 15 is 0 Å². The van der Waals surface area contributed by atoms with Crippen LogP contribution in [0.1, 0.15) is 0 Å². The summed E-state index contributed by atoms with van der Waals surface area (Å²) >= 11 is 0. The summed E-state index contributed by atoms with van der Waals surface area (Å²) in [7, 11) is -10.0. The van der Waals surface area contributed by atoms with Crippen LogP contribution in [0, 0.1) is 0 Å². The lowest BCUT2D eigenvalue weighted by Gasteiger charge is -2.29. The Bertz CT molecular complexity index is 388. The molecule has 0 aromatic heterocycles. The Hall–Kier alpha value is 0.231. The number of rotatable bonds is 8. The molecule has 0 bridgehead atoms. The van der Waals surface area contributed by atoms with Gasteiger partial charge < -0.3 is 12.9 Å². The van der Waals surface area contributed by atoms with Crippen molar-refractivity contribution in [3.8, 4) is 0 Å². The summed E-state index contributed by atoms with van der Waals surface area (Å²) in [6.07, 6.45) is 0. The van der Waals surface area contributed by atoms with Crippen LogP contribution >= 0.6 is 7.82 Å². The molecule has 0 aliphatic carbocycles. The third-order valence-electron chi connectivity index (χ3n) is 1.53. The molecule has 0 aromatic carbocycles. The highest BCUT2D eigenvalue weighted by Gasteiger charge is 2.39. The predicted molar refractivity (Wildman–Crippen MR) is 91.9 cm³/mol. The standard InChI is InChI=1S/C11H29O6PSi3/c1-19(2,3)15-11(12)10-14-18(13,16-20(4,5)6)17-21(7,8)9/h10H2,1-9H3. The van der Waals surface area contributed by atoms with Gasteiger partial charge in [-0.25, -0.2) is 4.57 Å². The second-order valence-electron chi connectivity index (χ2n) is 7.71. The van der Waals surface area contributed by atoms with Gasteiger partial charge in [0.2, 0.25) is 8.32 Å². The lowest BCUT2D eigenvalue weighted by Crippen LogP contribution is -2.33. The van der Waals surface area contributed by atoms with Crippen molar-refractivity contribution >= 4 is 38.7 Å². The summed E-state index contributed by atoms with van der Waals surface area (Å²) in [6, 6.07) is 0. The van der Waals surface area contributed by atoms with E-state index in [9.17, 15) is 9.36 Å². The van der Waals surface area contributed by atoms with Crippen molar-refractivity contribution in [1.29, 1.82) is 0 Å². The Morgan fingerprint density at radius 3 is 1.48 bits per heavy atom. The summed E-state index contributed by atoms with van der Waals surface area (Å²) in [6.45, 7) is 16.6. The van der Waals surface area contributed by atoms with Gasteiger partial charge in [0.1, 0.15) is 0 Å². The van der Waals surface area contributed by atoms with Crippen LogP contribution in [0.5, 0.6) is 0 Å². The average Bonchev–Trinajstić information content (AvgIpc) is 2.05. The molecule has 21 heavy (non-hydrogen) atoms. The molecular formula is C11H29O6PSi3. The summed E-state index contributed by atoms with van der Waals surface area (Å²) in [5.74, 6) is -0.534. The fourth-order valence-corrected chi connectivity index (χ4v) is 8.52. The first-order chi connectivity index (χ1) is 9.02. The molecule has 0 rings (SSSR count). The topological polar surface area (TPSA) is 71.1 Å². The third-order valence-corrected chi connectivity index (χ3v) is 8.99. The number of hydrogen-bond acceptors (Lipinski definition) is 6. The van der Waals surface area contributed by atoms with Gasteiger partial charge in [-0.05, 0) is 58.9 Å². The normalized spacial score (nSPS) is 14.1. The van der Waals surface area contributed by atoms with E-state index in [1.165, 1.54) is 0 Å². The summed E-state index contributed by atoms with van der Waals surface area (Å²) < 4.78 is 34.3. The Kier molecular flexibility index (Phi) is 7.28. The van der Waals surface area contributed by atoms with Crippen molar-refractivity contribution in [3.63, 3.8) is 0 Å². The fraction of sp³-hybridized carbons (Fsp3) is 0.909. The first kappa shape index (κ1) is 21.2. The second kappa shape index (κ2) is 7.20. The molecule has 0 aliphatic rings. The van der Waals surface area contributed by atoms with Crippen LogP contribution in [0.15, 0.2) is 0 Å². The van der Waals surface area contributed by atoms with Crippen LogP contribution in [-0.2, 0) is 26.7 Å². The van der Waals surface area contributed by atoms with Crippen molar-refractivity contribution in [3.05, 3.63) is 0 Å². The molecule has 6 nitrogen and oxygen atoms in total. The zero-order chi connectivity index (χ0) is 17.1. The van der Waals surface area contributed by atoms with E-state index < -0.39 is 45.4 Å². The maximum atomic E-state index is 12.7. The van der Waals surface area contributed by atoms with E-state index in [1.807, 2.05) is 58.9 Å². The van der Waals surface area contributed by atoms with Gasteiger partial charge >= 0.3 is 13.8 Å². The van der Waals surface area contributed by atoms with Gasteiger partial charge in [0, 0.05) is 0 Å². The van der Waals surface area contributed by atoms with Crippen molar-refractivity contribution in [2.75, 3.05) is 6.61 Å².